The van der Waals surface area contributed by atoms with E-state index >= 15 is 0 Å². The molecule has 3 rings (SSSR count). The number of ether oxygens (including phenoxy) is 1. The number of amides is 4. The molecule has 204 valence electrons. The predicted molar refractivity (Wildman–Crippen MR) is 138 cm³/mol. The molecule has 11 heteroatoms. The zero-order chi connectivity index (χ0) is 27.5. The average Bonchev–Trinajstić information content (AvgIpc) is 3.39. The van der Waals surface area contributed by atoms with Gasteiger partial charge in [-0.15, -0.1) is 0 Å². The van der Waals surface area contributed by atoms with Crippen LogP contribution in [0.2, 0.25) is 0 Å². The molecule has 0 aromatic heterocycles. The Morgan fingerprint density at radius 3 is 2.50 bits per heavy atom. The monoisotopic (exact) mass is 526 g/mol. The molecule has 38 heavy (non-hydrogen) atoms. The van der Waals surface area contributed by atoms with Crippen LogP contribution in [0.25, 0.3) is 0 Å². The topological polar surface area (TPSA) is 171 Å². The molecule has 0 saturated carbocycles. The molecule has 4 amide bonds. The van der Waals surface area contributed by atoms with Crippen molar-refractivity contribution in [3.8, 4) is 11.5 Å². The van der Waals surface area contributed by atoms with E-state index in [9.17, 15) is 29.4 Å². The number of hydrogen-bond donors (Lipinski definition) is 5. The number of imide groups is 1. The van der Waals surface area contributed by atoms with Crippen molar-refractivity contribution in [2.45, 2.75) is 57.2 Å². The zero-order valence-electron chi connectivity index (χ0n) is 21.1. The van der Waals surface area contributed by atoms with Crippen molar-refractivity contribution in [3.63, 3.8) is 0 Å². The number of rotatable bonds is 11. The highest BCUT2D eigenvalue weighted by Crippen LogP contribution is 2.25. The number of nitrogens with one attached hydrogen (secondary N) is 2. The third kappa shape index (κ3) is 8.20. The normalized spacial score (nSPS) is 15.5. The quantitative estimate of drug-likeness (QED) is 0.217. The summed E-state index contributed by atoms with van der Waals surface area (Å²) in [6, 6.07) is 11.3. The summed E-state index contributed by atoms with van der Waals surface area (Å²) in [6.45, 7) is 0.798. The summed E-state index contributed by atoms with van der Waals surface area (Å²) in [6.07, 6.45) is 1.58. The van der Waals surface area contributed by atoms with E-state index in [1.807, 2.05) is 30.3 Å². The van der Waals surface area contributed by atoms with Gasteiger partial charge in [0.2, 0.25) is 17.7 Å². The smallest absolute Gasteiger partial charge is 0.408 e. The second kappa shape index (κ2) is 14.0. The fourth-order valence-electron chi connectivity index (χ4n) is 4.29. The predicted octanol–water partition coefficient (Wildman–Crippen LogP) is 1.70. The van der Waals surface area contributed by atoms with E-state index in [4.69, 9.17) is 10.5 Å². The molecule has 1 aliphatic rings. The average molecular weight is 527 g/mol. The van der Waals surface area contributed by atoms with Crippen LogP contribution in [-0.4, -0.2) is 64.1 Å². The Balaban J connectivity index is 1.60. The van der Waals surface area contributed by atoms with Crippen molar-refractivity contribution in [3.05, 3.63) is 59.7 Å². The number of phenolic OH excluding ortho intramolecular Hbond substituents is 2. The number of aromatic hydroxyl groups is 2. The molecule has 2 atom stereocenters. The maximum Gasteiger partial charge on any atom is 0.408 e. The van der Waals surface area contributed by atoms with Gasteiger partial charge in [-0.2, -0.15) is 0 Å². The fourth-order valence-corrected chi connectivity index (χ4v) is 4.29. The number of benzene rings is 2. The molecule has 0 unspecified atom stereocenters. The van der Waals surface area contributed by atoms with Gasteiger partial charge >= 0.3 is 6.09 Å². The molecule has 2 aromatic rings. The number of nitrogens with two attached hydrogens (primary N) is 1. The summed E-state index contributed by atoms with van der Waals surface area (Å²) in [5.74, 6) is -2.33. The Hall–Kier alpha value is -4.12. The lowest BCUT2D eigenvalue weighted by atomic mass is 10.1. The molecule has 11 nitrogen and oxygen atoms in total. The van der Waals surface area contributed by atoms with Gasteiger partial charge in [-0.1, -0.05) is 36.4 Å². The van der Waals surface area contributed by atoms with E-state index in [-0.39, 0.29) is 24.5 Å². The van der Waals surface area contributed by atoms with E-state index in [1.165, 1.54) is 23.1 Å². The van der Waals surface area contributed by atoms with Gasteiger partial charge in [-0.25, -0.2) is 4.79 Å². The second-order valence-electron chi connectivity index (χ2n) is 9.15. The van der Waals surface area contributed by atoms with Crippen LogP contribution in [-0.2, 0) is 32.1 Å². The molecule has 1 heterocycles. The van der Waals surface area contributed by atoms with E-state index in [0.717, 1.165) is 5.56 Å². The molecular weight excluding hydrogens is 492 g/mol. The largest absolute Gasteiger partial charge is 0.504 e. The number of hydrogen-bond acceptors (Lipinski definition) is 8. The summed E-state index contributed by atoms with van der Waals surface area (Å²) < 4.78 is 5.27. The third-order valence-electron chi connectivity index (χ3n) is 6.26. The standard InChI is InChI=1S/C27H34N4O7/c28-13-5-4-9-20(29-27(37)38-17-18-7-2-1-3-8-18)26(36)31-14-6-10-21(31)25(35)30-24(34)16-19-11-12-22(32)23(33)15-19/h1-3,7-8,11-12,15,20-21,32-33H,4-6,9-10,13-14,16-17,28H2,(H,29,37)(H,30,34,35)/t20-,21-/m0/s1. The molecule has 0 spiro atoms. The van der Waals surface area contributed by atoms with Crippen molar-refractivity contribution in [1.82, 2.24) is 15.5 Å². The number of carbonyl (C=O) groups is 4. The molecule has 1 aliphatic heterocycles. The van der Waals surface area contributed by atoms with Crippen LogP contribution < -0.4 is 16.4 Å². The SMILES string of the molecule is NCCCC[C@H](NC(=O)OCc1ccccc1)C(=O)N1CCC[C@H]1C(=O)NC(=O)Cc1ccc(O)c(O)c1. The van der Waals surface area contributed by atoms with Crippen LogP contribution in [0.5, 0.6) is 11.5 Å². The minimum absolute atomic E-state index is 0.0477. The first-order valence-electron chi connectivity index (χ1n) is 12.6. The van der Waals surface area contributed by atoms with E-state index in [0.29, 0.717) is 50.8 Å². The van der Waals surface area contributed by atoms with Gasteiger partial charge in [0.1, 0.15) is 18.7 Å². The van der Waals surface area contributed by atoms with Crippen molar-refractivity contribution >= 4 is 23.8 Å². The molecule has 1 saturated heterocycles. The summed E-state index contributed by atoms with van der Waals surface area (Å²) in [5.41, 5.74) is 6.80. The van der Waals surface area contributed by atoms with Gasteiger partial charge in [-0.05, 0) is 61.9 Å². The van der Waals surface area contributed by atoms with Gasteiger partial charge in [0.15, 0.2) is 11.5 Å². The number of unbranched alkanes of at least 4 members (excludes halogenated alkanes) is 1. The Kier molecular flexibility index (Phi) is 10.5. The highest BCUT2D eigenvalue weighted by atomic mass is 16.5. The summed E-state index contributed by atoms with van der Waals surface area (Å²) in [4.78, 5) is 52.6. The lowest BCUT2D eigenvalue weighted by Crippen LogP contribution is -2.54. The third-order valence-corrected chi connectivity index (χ3v) is 6.26. The van der Waals surface area contributed by atoms with Crippen molar-refractivity contribution in [2.24, 2.45) is 5.73 Å². The molecule has 2 aromatic carbocycles. The van der Waals surface area contributed by atoms with Crippen LogP contribution in [0.3, 0.4) is 0 Å². The number of nitrogens with zero attached hydrogens (tertiary/aromatic N) is 1. The number of carbonyl (C=O) groups excluding carboxylic acids is 4. The second-order valence-corrected chi connectivity index (χ2v) is 9.15. The molecule has 0 aliphatic carbocycles. The minimum atomic E-state index is -0.908. The van der Waals surface area contributed by atoms with Crippen LogP contribution in [0, 0.1) is 0 Å². The van der Waals surface area contributed by atoms with E-state index < -0.39 is 35.9 Å². The molecule has 0 radical (unpaired) electrons. The minimum Gasteiger partial charge on any atom is -0.504 e. The van der Waals surface area contributed by atoms with Crippen LogP contribution >= 0.6 is 0 Å². The first-order chi connectivity index (χ1) is 18.3. The lowest BCUT2D eigenvalue weighted by molar-refractivity contribution is -0.142. The highest BCUT2D eigenvalue weighted by molar-refractivity contribution is 6.00. The maximum absolute atomic E-state index is 13.4. The summed E-state index contributed by atoms with van der Waals surface area (Å²) in [5, 5.41) is 24.0. The van der Waals surface area contributed by atoms with Gasteiger partial charge in [0, 0.05) is 6.54 Å². The number of phenols is 2. The highest BCUT2D eigenvalue weighted by Gasteiger charge is 2.38. The Morgan fingerprint density at radius 2 is 1.79 bits per heavy atom. The number of alkyl carbamates (subject to hydrolysis) is 1. The zero-order valence-corrected chi connectivity index (χ0v) is 21.1. The maximum atomic E-state index is 13.4. The Morgan fingerprint density at radius 1 is 1.03 bits per heavy atom. The van der Waals surface area contributed by atoms with Crippen molar-refractivity contribution < 1.29 is 34.1 Å². The Labute approximate surface area is 221 Å². The van der Waals surface area contributed by atoms with Crippen molar-refractivity contribution in [1.29, 1.82) is 0 Å². The Bertz CT molecular complexity index is 1130. The van der Waals surface area contributed by atoms with E-state index in [2.05, 4.69) is 10.6 Å². The lowest BCUT2D eigenvalue weighted by Gasteiger charge is -2.28. The van der Waals surface area contributed by atoms with E-state index in [1.54, 1.807) is 0 Å². The van der Waals surface area contributed by atoms with Gasteiger partial charge < -0.3 is 30.9 Å². The van der Waals surface area contributed by atoms with Crippen LogP contribution in [0.4, 0.5) is 4.79 Å². The molecular formula is C27H34N4O7. The molecule has 6 N–H and O–H groups in total. The van der Waals surface area contributed by atoms with Gasteiger partial charge in [0.05, 0.1) is 6.42 Å². The van der Waals surface area contributed by atoms with Gasteiger partial charge in [-0.3, -0.25) is 19.7 Å². The number of likely N-dealkylation sites (tertiary alicyclic amines) is 1. The fraction of sp³-hybridized carbons (Fsp3) is 0.407. The molecule has 0 bridgehead atoms. The summed E-state index contributed by atoms with van der Waals surface area (Å²) in [7, 11) is 0. The first-order valence-corrected chi connectivity index (χ1v) is 12.6. The molecule has 1 fully saturated rings. The van der Waals surface area contributed by atoms with Gasteiger partial charge in [0.25, 0.3) is 0 Å². The van der Waals surface area contributed by atoms with Crippen molar-refractivity contribution in [2.75, 3.05) is 13.1 Å². The van der Waals surface area contributed by atoms with Crippen LogP contribution in [0.15, 0.2) is 48.5 Å². The first kappa shape index (κ1) is 28.5. The van der Waals surface area contributed by atoms with Crippen LogP contribution in [0.1, 0.15) is 43.2 Å². The summed E-state index contributed by atoms with van der Waals surface area (Å²) >= 11 is 0.